The Morgan fingerprint density at radius 1 is 1.02 bits per heavy atom. The molecule has 0 saturated carbocycles. The molecule has 0 bridgehead atoms. The minimum absolute atomic E-state index is 0.000102. The second kappa shape index (κ2) is 13.4. The van der Waals surface area contributed by atoms with Gasteiger partial charge < -0.3 is 29.3 Å². The Hall–Kier alpha value is -3.53. The van der Waals surface area contributed by atoms with Gasteiger partial charge in [-0.2, -0.15) is 5.90 Å². The summed E-state index contributed by atoms with van der Waals surface area (Å²) in [6, 6.07) is 4.82. The average Bonchev–Trinajstić information content (AvgIpc) is 2.87. The monoisotopic (exact) mass is 571 g/mol. The molecule has 1 aromatic heterocycles. The van der Waals surface area contributed by atoms with E-state index in [9.17, 15) is 19.5 Å². The van der Waals surface area contributed by atoms with Gasteiger partial charge in [-0.3, -0.25) is 4.79 Å². The van der Waals surface area contributed by atoms with Crippen molar-refractivity contribution in [2.24, 2.45) is 11.3 Å². The van der Waals surface area contributed by atoms with Crippen LogP contribution in [0.1, 0.15) is 102 Å². The number of hydrogen-bond acceptors (Lipinski definition) is 8. The van der Waals surface area contributed by atoms with E-state index >= 15 is 0 Å². The molecule has 2 heterocycles. The van der Waals surface area contributed by atoms with Gasteiger partial charge in [-0.1, -0.05) is 46.5 Å². The lowest BCUT2D eigenvalue weighted by atomic mass is 9.78. The van der Waals surface area contributed by atoms with Crippen LogP contribution in [0.2, 0.25) is 0 Å². The number of phenolic OH excluding ortho intramolecular Hbond substituents is 1. The molecule has 0 fully saturated rings. The maximum Gasteiger partial charge on any atom is 0.407 e. The highest BCUT2D eigenvalue weighted by Gasteiger charge is 2.34. The van der Waals surface area contributed by atoms with Crippen molar-refractivity contribution in [3.63, 3.8) is 0 Å². The summed E-state index contributed by atoms with van der Waals surface area (Å²) in [4.78, 5) is 40.7. The Morgan fingerprint density at radius 3 is 2.32 bits per heavy atom. The third-order valence-corrected chi connectivity index (χ3v) is 7.11. The van der Waals surface area contributed by atoms with E-state index in [0.717, 1.165) is 49.7 Å². The zero-order valence-electron chi connectivity index (χ0n) is 25.2. The van der Waals surface area contributed by atoms with Crippen LogP contribution in [0, 0.1) is 5.41 Å². The van der Waals surface area contributed by atoms with E-state index in [2.05, 4.69) is 30.9 Å². The summed E-state index contributed by atoms with van der Waals surface area (Å²) in [6.07, 6.45) is 7.67. The van der Waals surface area contributed by atoms with Crippen molar-refractivity contribution in [3.8, 4) is 22.8 Å². The van der Waals surface area contributed by atoms with Crippen LogP contribution in [0.15, 0.2) is 29.2 Å². The third kappa shape index (κ3) is 8.73. The first-order valence-electron chi connectivity index (χ1n) is 14.3. The van der Waals surface area contributed by atoms with Gasteiger partial charge in [0.1, 0.15) is 11.2 Å². The molecule has 1 atom stereocenters. The van der Waals surface area contributed by atoms with Crippen molar-refractivity contribution in [1.82, 2.24) is 9.88 Å². The van der Waals surface area contributed by atoms with Crippen LogP contribution >= 0.6 is 0 Å². The zero-order valence-corrected chi connectivity index (χ0v) is 25.2. The Bertz CT molecular complexity index is 1290. The molecule has 1 unspecified atom stereocenters. The Labute approximate surface area is 242 Å². The predicted molar refractivity (Wildman–Crippen MR) is 157 cm³/mol. The van der Waals surface area contributed by atoms with Gasteiger partial charge in [0.2, 0.25) is 0 Å². The SMILES string of the molecule is CC(C)(C)OC(=O)NCCCCCCCCOc1cc2c(cc1O)-c1cc(=O)c(C(=O)ON)cn1C(C(C)(C)C)C2. The summed E-state index contributed by atoms with van der Waals surface area (Å²) in [7, 11) is 0. The number of pyridine rings is 1. The molecule has 0 radical (unpaired) electrons. The molecule has 1 aromatic carbocycles. The maximum absolute atomic E-state index is 12.7. The van der Waals surface area contributed by atoms with E-state index in [1.165, 1.54) is 12.3 Å². The van der Waals surface area contributed by atoms with Crippen molar-refractivity contribution < 1.29 is 29.0 Å². The summed E-state index contributed by atoms with van der Waals surface area (Å²) in [6.45, 7) is 12.9. The third-order valence-electron chi connectivity index (χ3n) is 7.11. The first kappa shape index (κ1) is 32.0. The fraction of sp³-hybridized carbons (Fsp3) is 0.581. The van der Waals surface area contributed by atoms with E-state index in [1.807, 2.05) is 31.4 Å². The van der Waals surface area contributed by atoms with Crippen molar-refractivity contribution in [2.75, 3.05) is 13.2 Å². The topological polar surface area (TPSA) is 142 Å². The number of aromatic hydroxyl groups is 1. The van der Waals surface area contributed by atoms with E-state index < -0.39 is 17.0 Å². The zero-order chi connectivity index (χ0) is 30.4. The van der Waals surface area contributed by atoms with Crippen molar-refractivity contribution in [1.29, 1.82) is 0 Å². The van der Waals surface area contributed by atoms with Crippen LogP contribution in [-0.2, 0) is 16.0 Å². The maximum atomic E-state index is 12.7. The number of nitrogens with zero attached hydrogens (tertiary/aromatic N) is 1. The first-order chi connectivity index (χ1) is 19.2. The molecule has 4 N–H and O–H groups in total. The number of amides is 1. The number of benzene rings is 1. The quantitative estimate of drug-likeness (QED) is 0.232. The number of hydrogen-bond donors (Lipinski definition) is 3. The number of alkyl carbamates (subject to hydrolysis) is 1. The van der Waals surface area contributed by atoms with Crippen LogP contribution in [0.3, 0.4) is 0 Å². The second-order valence-corrected chi connectivity index (χ2v) is 12.7. The minimum Gasteiger partial charge on any atom is -0.504 e. The summed E-state index contributed by atoms with van der Waals surface area (Å²) >= 11 is 0. The van der Waals surface area contributed by atoms with Gasteiger partial charge >= 0.3 is 12.1 Å². The molecule has 0 saturated heterocycles. The van der Waals surface area contributed by atoms with Crippen molar-refractivity contribution >= 4 is 12.1 Å². The lowest BCUT2D eigenvalue weighted by Crippen LogP contribution is -2.33. The van der Waals surface area contributed by atoms with Gasteiger partial charge in [0, 0.05) is 30.4 Å². The highest BCUT2D eigenvalue weighted by Crippen LogP contribution is 2.45. The Balaban J connectivity index is 1.55. The standard InChI is InChI=1S/C31H45N3O7/c1-30(2,3)27-16-20-15-26(39-14-12-10-8-7-9-11-13-33-29(38)40-31(4,5)6)25(36)17-21(20)23-18-24(35)22(19-34(23)27)28(37)41-32/h15,17-19,27,36H,7-14,16,32H2,1-6H3,(H,33,38). The van der Waals surface area contributed by atoms with Crippen LogP contribution in [0.5, 0.6) is 11.5 Å². The van der Waals surface area contributed by atoms with E-state index in [4.69, 9.17) is 15.4 Å². The molecule has 2 aromatic rings. The minimum atomic E-state index is -0.884. The molecule has 41 heavy (non-hydrogen) atoms. The van der Waals surface area contributed by atoms with E-state index in [0.29, 0.717) is 31.0 Å². The van der Waals surface area contributed by atoms with Crippen LogP contribution in [-0.4, -0.2) is 40.5 Å². The van der Waals surface area contributed by atoms with Gasteiger partial charge in [0.25, 0.3) is 0 Å². The van der Waals surface area contributed by atoms with Crippen molar-refractivity contribution in [3.05, 3.63) is 45.7 Å². The number of carbonyl (C=O) groups excluding carboxylic acids is 2. The highest BCUT2D eigenvalue weighted by atomic mass is 16.7. The van der Waals surface area contributed by atoms with Gasteiger partial charge in [-0.05, 0) is 63.1 Å². The molecular formula is C31H45N3O7. The van der Waals surface area contributed by atoms with Gasteiger partial charge in [-0.25, -0.2) is 9.59 Å². The molecule has 1 aliphatic heterocycles. The normalized spacial score (nSPS) is 14.6. The fourth-order valence-electron chi connectivity index (χ4n) is 5.02. The van der Waals surface area contributed by atoms with Crippen LogP contribution < -0.4 is 21.4 Å². The molecular weight excluding hydrogens is 526 g/mol. The summed E-state index contributed by atoms with van der Waals surface area (Å²) in [5.41, 5.74) is 0.995. The predicted octanol–water partition coefficient (Wildman–Crippen LogP) is 5.64. The lowest BCUT2D eigenvalue weighted by Gasteiger charge is -2.39. The summed E-state index contributed by atoms with van der Waals surface area (Å²) < 4.78 is 13.1. The summed E-state index contributed by atoms with van der Waals surface area (Å²) in [5.74, 6) is 4.57. The number of fused-ring (bicyclic) bond motifs is 3. The molecule has 0 spiro atoms. The number of aromatic nitrogens is 1. The van der Waals surface area contributed by atoms with E-state index in [1.54, 1.807) is 6.07 Å². The number of nitrogens with two attached hydrogens (primary N) is 1. The highest BCUT2D eigenvalue weighted by molar-refractivity contribution is 5.89. The van der Waals surface area contributed by atoms with Crippen molar-refractivity contribution in [2.45, 2.75) is 98.1 Å². The van der Waals surface area contributed by atoms with E-state index in [-0.39, 0.29) is 28.9 Å². The Morgan fingerprint density at radius 2 is 1.68 bits per heavy atom. The molecule has 1 amide bonds. The smallest absolute Gasteiger partial charge is 0.407 e. The molecule has 10 heteroatoms. The number of unbranched alkanes of at least 4 members (excludes halogenated alkanes) is 5. The van der Waals surface area contributed by atoms with Crippen LogP contribution in [0.25, 0.3) is 11.3 Å². The Kier molecular flexibility index (Phi) is 10.5. The summed E-state index contributed by atoms with van der Waals surface area (Å²) in [5, 5.41) is 13.5. The van der Waals surface area contributed by atoms with Gasteiger partial charge in [0.05, 0.1) is 12.3 Å². The first-order valence-corrected chi connectivity index (χ1v) is 14.3. The molecule has 226 valence electrons. The number of rotatable bonds is 11. The number of carbonyl (C=O) groups is 2. The van der Waals surface area contributed by atoms with Crippen LogP contribution in [0.4, 0.5) is 4.79 Å². The molecule has 0 aliphatic carbocycles. The lowest BCUT2D eigenvalue weighted by molar-refractivity contribution is 0.0497. The number of ether oxygens (including phenoxy) is 2. The molecule has 3 rings (SSSR count). The molecule has 1 aliphatic rings. The second-order valence-electron chi connectivity index (χ2n) is 12.7. The molecule has 10 nitrogen and oxygen atoms in total. The fourth-order valence-corrected chi connectivity index (χ4v) is 5.02. The van der Waals surface area contributed by atoms with Gasteiger partial charge in [0.15, 0.2) is 16.9 Å². The number of nitrogens with one attached hydrogen (secondary N) is 1. The largest absolute Gasteiger partial charge is 0.504 e. The number of phenols is 1. The average molecular weight is 572 g/mol. The van der Waals surface area contributed by atoms with Gasteiger partial charge in [-0.15, -0.1) is 0 Å².